The first-order valence-electron chi connectivity index (χ1n) is 7.02. The highest BCUT2D eigenvalue weighted by molar-refractivity contribution is 5.74. The molecule has 0 aliphatic carbocycles. The van der Waals surface area contributed by atoms with Crippen LogP contribution in [0.15, 0.2) is 30.3 Å². The van der Waals surface area contributed by atoms with E-state index < -0.39 is 0 Å². The summed E-state index contributed by atoms with van der Waals surface area (Å²) in [5, 5.41) is 6.52. The van der Waals surface area contributed by atoms with Gasteiger partial charge in [-0.05, 0) is 18.6 Å². The molecule has 6 heteroatoms. The van der Waals surface area contributed by atoms with Gasteiger partial charge in [-0.15, -0.1) is 0 Å². The Morgan fingerprint density at radius 1 is 1.14 bits per heavy atom. The van der Waals surface area contributed by atoms with Gasteiger partial charge < -0.3 is 21.3 Å². The van der Waals surface area contributed by atoms with Crippen LogP contribution in [0.1, 0.15) is 13.3 Å². The van der Waals surface area contributed by atoms with E-state index >= 15 is 0 Å². The molecule has 0 aliphatic rings. The Morgan fingerprint density at radius 3 is 2.57 bits per heavy atom. The zero-order valence-corrected chi connectivity index (χ0v) is 12.7. The molecule has 0 saturated carbocycles. The molecule has 2 rings (SSSR count). The predicted octanol–water partition coefficient (Wildman–Crippen LogP) is 2.69. The molecule has 0 radical (unpaired) electrons. The highest BCUT2D eigenvalue weighted by Crippen LogP contribution is 2.27. The number of nitrogens with zero attached hydrogens (tertiary/aromatic N) is 3. The number of anilines is 5. The second-order valence-electron chi connectivity index (χ2n) is 4.96. The predicted molar refractivity (Wildman–Crippen MR) is 89.3 cm³/mol. The number of benzene rings is 1. The Hall–Kier alpha value is -2.50. The molecule has 0 atom stereocenters. The maximum Gasteiger partial charge on any atom is 0.223 e. The normalized spacial score (nSPS) is 10.2. The standard InChI is InChI=1S/C15H22N6/c1-4-9-17-13-10-14(20-15(16)19-13)18-11-7-5-6-8-12(11)21(2)3/h5-8,10H,4,9H2,1-3H3,(H4,16,17,18,19,20). The molecule has 0 bridgehead atoms. The van der Waals surface area contributed by atoms with Gasteiger partial charge in [0.05, 0.1) is 11.4 Å². The van der Waals surface area contributed by atoms with Crippen LogP contribution in [0.5, 0.6) is 0 Å². The van der Waals surface area contributed by atoms with Crippen molar-refractivity contribution in [1.29, 1.82) is 0 Å². The van der Waals surface area contributed by atoms with E-state index in [0.717, 1.165) is 30.2 Å². The lowest BCUT2D eigenvalue weighted by Gasteiger charge is -2.18. The lowest BCUT2D eigenvalue weighted by molar-refractivity contribution is 0.967. The summed E-state index contributed by atoms with van der Waals surface area (Å²) in [7, 11) is 4.01. The molecule has 4 N–H and O–H groups in total. The van der Waals surface area contributed by atoms with E-state index in [1.807, 2.05) is 49.3 Å². The molecule has 2 aromatic rings. The molecule has 1 aromatic heterocycles. The molecule has 0 unspecified atom stereocenters. The maximum absolute atomic E-state index is 5.77. The van der Waals surface area contributed by atoms with Crippen LogP contribution in [0.4, 0.5) is 29.0 Å². The lowest BCUT2D eigenvalue weighted by Crippen LogP contribution is -2.11. The zero-order valence-electron chi connectivity index (χ0n) is 12.7. The fourth-order valence-electron chi connectivity index (χ4n) is 1.98. The van der Waals surface area contributed by atoms with Gasteiger partial charge in [-0.2, -0.15) is 9.97 Å². The lowest BCUT2D eigenvalue weighted by atomic mass is 10.2. The first kappa shape index (κ1) is 14.9. The van der Waals surface area contributed by atoms with Crippen molar-refractivity contribution in [3.05, 3.63) is 30.3 Å². The van der Waals surface area contributed by atoms with Gasteiger partial charge in [0.15, 0.2) is 0 Å². The van der Waals surface area contributed by atoms with Crippen LogP contribution in [-0.2, 0) is 0 Å². The molecule has 0 aliphatic heterocycles. The number of para-hydroxylation sites is 2. The van der Waals surface area contributed by atoms with Crippen LogP contribution >= 0.6 is 0 Å². The topological polar surface area (TPSA) is 79.1 Å². The number of hydrogen-bond acceptors (Lipinski definition) is 6. The summed E-state index contributed by atoms with van der Waals surface area (Å²) in [5.41, 5.74) is 7.83. The number of hydrogen-bond donors (Lipinski definition) is 3. The average Bonchev–Trinajstić information content (AvgIpc) is 2.45. The molecule has 0 saturated heterocycles. The van der Waals surface area contributed by atoms with Crippen LogP contribution in [0.3, 0.4) is 0 Å². The minimum atomic E-state index is 0.251. The minimum Gasteiger partial charge on any atom is -0.376 e. The van der Waals surface area contributed by atoms with Crippen molar-refractivity contribution in [2.45, 2.75) is 13.3 Å². The maximum atomic E-state index is 5.77. The molecular weight excluding hydrogens is 264 g/mol. The van der Waals surface area contributed by atoms with Gasteiger partial charge in [-0.1, -0.05) is 19.1 Å². The summed E-state index contributed by atoms with van der Waals surface area (Å²) in [6.45, 7) is 2.95. The minimum absolute atomic E-state index is 0.251. The molecule has 0 fully saturated rings. The van der Waals surface area contributed by atoms with Crippen LogP contribution in [0, 0.1) is 0 Å². The summed E-state index contributed by atoms with van der Waals surface area (Å²) in [6, 6.07) is 9.90. The first-order chi connectivity index (χ1) is 10.1. The number of nitrogens with one attached hydrogen (secondary N) is 2. The van der Waals surface area contributed by atoms with Gasteiger partial charge >= 0.3 is 0 Å². The van der Waals surface area contributed by atoms with E-state index in [4.69, 9.17) is 5.73 Å². The summed E-state index contributed by atoms with van der Waals surface area (Å²) in [6.07, 6.45) is 1.02. The molecular formula is C15H22N6. The van der Waals surface area contributed by atoms with Crippen molar-refractivity contribution in [3.63, 3.8) is 0 Å². The van der Waals surface area contributed by atoms with Gasteiger partial charge in [0.25, 0.3) is 0 Å². The fraction of sp³-hybridized carbons (Fsp3) is 0.333. The van der Waals surface area contributed by atoms with Crippen LogP contribution in [0.25, 0.3) is 0 Å². The van der Waals surface area contributed by atoms with Crippen LogP contribution in [-0.4, -0.2) is 30.6 Å². The van der Waals surface area contributed by atoms with E-state index in [9.17, 15) is 0 Å². The van der Waals surface area contributed by atoms with Gasteiger partial charge in [0, 0.05) is 26.7 Å². The van der Waals surface area contributed by atoms with E-state index in [0.29, 0.717) is 5.82 Å². The fourth-order valence-corrected chi connectivity index (χ4v) is 1.98. The average molecular weight is 286 g/mol. The third-order valence-corrected chi connectivity index (χ3v) is 2.95. The van der Waals surface area contributed by atoms with Crippen molar-refractivity contribution in [2.24, 2.45) is 0 Å². The monoisotopic (exact) mass is 286 g/mol. The smallest absolute Gasteiger partial charge is 0.223 e. The van der Waals surface area contributed by atoms with Crippen molar-refractivity contribution >= 4 is 29.0 Å². The van der Waals surface area contributed by atoms with Crippen LogP contribution in [0.2, 0.25) is 0 Å². The van der Waals surface area contributed by atoms with E-state index in [-0.39, 0.29) is 5.95 Å². The second-order valence-corrected chi connectivity index (χ2v) is 4.96. The second kappa shape index (κ2) is 6.78. The Bertz CT molecular complexity index is 596. The quantitative estimate of drug-likeness (QED) is 0.757. The van der Waals surface area contributed by atoms with Crippen molar-refractivity contribution in [2.75, 3.05) is 41.9 Å². The molecule has 1 aromatic carbocycles. The Labute approximate surface area is 125 Å². The molecule has 0 amide bonds. The van der Waals surface area contributed by atoms with Gasteiger partial charge in [0.1, 0.15) is 11.6 Å². The Kier molecular flexibility index (Phi) is 4.81. The SMILES string of the molecule is CCCNc1cc(Nc2ccccc2N(C)C)nc(N)n1. The van der Waals surface area contributed by atoms with Crippen molar-refractivity contribution in [1.82, 2.24) is 9.97 Å². The summed E-state index contributed by atoms with van der Waals surface area (Å²) < 4.78 is 0. The van der Waals surface area contributed by atoms with Crippen molar-refractivity contribution < 1.29 is 0 Å². The molecule has 112 valence electrons. The molecule has 0 spiro atoms. The first-order valence-corrected chi connectivity index (χ1v) is 7.02. The van der Waals surface area contributed by atoms with Gasteiger partial charge in [-0.3, -0.25) is 0 Å². The molecule has 6 nitrogen and oxygen atoms in total. The third-order valence-electron chi connectivity index (χ3n) is 2.95. The van der Waals surface area contributed by atoms with Gasteiger partial charge in [0.2, 0.25) is 5.95 Å². The number of rotatable bonds is 6. The number of nitrogens with two attached hydrogens (primary N) is 1. The third kappa shape index (κ3) is 3.98. The Balaban J connectivity index is 2.25. The largest absolute Gasteiger partial charge is 0.376 e. The van der Waals surface area contributed by atoms with E-state index in [2.05, 4.69) is 27.5 Å². The zero-order chi connectivity index (χ0) is 15.2. The number of aromatic nitrogens is 2. The highest BCUT2D eigenvalue weighted by Gasteiger charge is 2.07. The summed E-state index contributed by atoms with van der Waals surface area (Å²) in [5.74, 6) is 1.66. The molecule has 21 heavy (non-hydrogen) atoms. The van der Waals surface area contributed by atoms with Crippen molar-refractivity contribution in [3.8, 4) is 0 Å². The van der Waals surface area contributed by atoms with E-state index in [1.54, 1.807) is 0 Å². The number of nitrogen functional groups attached to an aromatic ring is 1. The summed E-state index contributed by atoms with van der Waals surface area (Å²) in [4.78, 5) is 10.5. The van der Waals surface area contributed by atoms with Gasteiger partial charge in [-0.25, -0.2) is 0 Å². The summed E-state index contributed by atoms with van der Waals surface area (Å²) >= 11 is 0. The Morgan fingerprint density at radius 2 is 1.86 bits per heavy atom. The van der Waals surface area contributed by atoms with Crippen LogP contribution < -0.4 is 21.3 Å². The highest BCUT2D eigenvalue weighted by atomic mass is 15.1. The molecule has 1 heterocycles. The van der Waals surface area contributed by atoms with E-state index in [1.165, 1.54) is 0 Å².